The maximum absolute atomic E-state index is 10.8. The second kappa shape index (κ2) is 9.04. The zero-order valence-electron chi connectivity index (χ0n) is 14.0. The highest BCUT2D eigenvalue weighted by molar-refractivity contribution is 5.71. The number of ether oxygens (including phenoxy) is 1. The first kappa shape index (κ1) is 18.0. The molecule has 0 heterocycles. The van der Waals surface area contributed by atoms with Crippen molar-refractivity contribution in [2.24, 2.45) is 0 Å². The summed E-state index contributed by atoms with van der Waals surface area (Å²) in [6, 6.07) is 19.7. The Hall–Kier alpha value is -2.09. The zero-order valence-corrected chi connectivity index (χ0v) is 14.0. The highest BCUT2D eigenvalue weighted by atomic mass is 16.5. The SMILES string of the molecule is CCC(=O)Oc1ccccc1.CCC(C)(C)c1ccccc1. The van der Waals surface area contributed by atoms with Crippen LogP contribution in [0.25, 0.3) is 0 Å². The summed E-state index contributed by atoms with van der Waals surface area (Å²) < 4.78 is 4.92. The Morgan fingerprint density at radius 3 is 1.86 bits per heavy atom. The van der Waals surface area contributed by atoms with Crippen LogP contribution in [-0.4, -0.2) is 5.97 Å². The molecule has 2 aromatic carbocycles. The first-order valence-corrected chi connectivity index (χ1v) is 7.81. The summed E-state index contributed by atoms with van der Waals surface area (Å²) >= 11 is 0. The molecule has 0 unspecified atom stereocenters. The second-order valence-electron chi connectivity index (χ2n) is 5.74. The largest absolute Gasteiger partial charge is 0.427 e. The lowest BCUT2D eigenvalue weighted by Crippen LogP contribution is -2.14. The van der Waals surface area contributed by atoms with E-state index in [0.717, 1.165) is 0 Å². The molecule has 118 valence electrons. The molecule has 0 N–H and O–H groups in total. The second-order valence-corrected chi connectivity index (χ2v) is 5.74. The van der Waals surface area contributed by atoms with Crippen molar-refractivity contribution in [1.82, 2.24) is 0 Å². The van der Waals surface area contributed by atoms with Crippen molar-refractivity contribution in [1.29, 1.82) is 0 Å². The van der Waals surface area contributed by atoms with E-state index in [0.29, 0.717) is 17.6 Å². The van der Waals surface area contributed by atoms with Gasteiger partial charge in [-0.1, -0.05) is 76.2 Å². The minimum absolute atomic E-state index is 0.198. The van der Waals surface area contributed by atoms with Crippen LogP contribution in [0.5, 0.6) is 5.75 Å². The monoisotopic (exact) mass is 298 g/mol. The molecule has 2 nitrogen and oxygen atoms in total. The van der Waals surface area contributed by atoms with Gasteiger partial charge in [0.2, 0.25) is 0 Å². The molecular weight excluding hydrogens is 272 g/mol. The Labute approximate surface area is 134 Å². The average Bonchev–Trinajstić information content (AvgIpc) is 2.57. The third-order valence-electron chi connectivity index (χ3n) is 3.70. The van der Waals surface area contributed by atoms with Crippen LogP contribution in [0.1, 0.15) is 46.1 Å². The molecule has 0 bridgehead atoms. The van der Waals surface area contributed by atoms with Gasteiger partial charge in [0.15, 0.2) is 0 Å². The molecule has 0 aliphatic carbocycles. The molecule has 0 spiro atoms. The molecule has 0 saturated heterocycles. The van der Waals surface area contributed by atoms with Crippen LogP contribution in [0.3, 0.4) is 0 Å². The van der Waals surface area contributed by atoms with Crippen LogP contribution < -0.4 is 4.74 Å². The number of carbonyl (C=O) groups is 1. The van der Waals surface area contributed by atoms with E-state index < -0.39 is 0 Å². The molecule has 2 rings (SSSR count). The number of hydrogen-bond donors (Lipinski definition) is 0. The smallest absolute Gasteiger partial charge is 0.310 e. The van der Waals surface area contributed by atoms with Crippen LogP contribution >= 0.6 is 0 Å². The fourth-order valence-corrected chi connectivity index (χ4v) is 1.79. The van der Waals surface area contributed by atoms with Crippen molar-refractivity contribution in [3.63, 3.8) is 0 Å². The summed E-state index contributed by atoms with van der Waals surface area (Å²) in [6.07, 6.45) is 1.60. The van der Waals surface area contributed by atoms with E-state index in [2.05, 4.69) is 51.1 Å². The number of esters is 1. The van der Waals surface area contributed by atoms with Crippen molar-refractivity contribution in [2.75, 3.05) is 0 Å². The van der Waals surface area contributed by atoms with Gasteiger partial charge in [0.05, 0.1) is 0 Å². The molecule has 0 amide bonds. The number of benzene rings is 2. The Morgan fingerprint density at radius 2 is 1.41 bits per heavy atom. The fraction of sp³-hybridized carbons (Fsp3) is 0.350. The van der Waals surface area contributed by atoms with E-state index in [1.807, 2.05) is 18.2 Å². The highest BCUT2D eigenvalue weighted by Crippen LogP contribution is 2.25. The zero-order chi connectivity index (χ0) is 16.4. The number of carbonyl (C=O) groups excluding carboxylic acids is 1. The van der Waals surface area contributed by atoms with Crippen molar-refractivity contribution < 1.29 is 9.53 Å². The minimum Gasteiger partial charge on any atom is -0.427 e. The molecule has 0 radical (unpaired) electrons. The lowest BCUT2D eigenvalue weighted by Gasteiger charge is -2.22. The number of para-hydroxylation sites is 1. The first-order chi connectivity index (χ1) is 10.5. The van der Waals surface area contributed by atoms with E-state index in [-0.39, 0.29) is 5.97 Å². The summed E-state index contributed by atoms with van der Waals surface area (Å²) in [4.78, 5) is 10.8. The number of rotatable bonds is 4. The molecule has 0 fully saturated rings. The van der Waals surface area contributed by atoms with Gasteiger partial charge in [0, 0.05) is 6.42 Å². The Morgan fingerprint density at radius 1 is 0.909 bits per heavy atom. The summed E-state index contributed by atoms with van der Waals surface area (Å²) in [7, 11) is 0. The van der Waals surface area contributed by atoms with Crippen LogP contribution in [0, 0.1) is 0 Å². The van der Waals surface area contributed by atoms with Crippen molar-refractivity contribution in [3.05, 3.63) is 66.2 Å². The summed E-state index contributed by atoms with van der Waals surface area (Å²) in [5, 5.41) is 0. The van der Waals surface area contributed by atoms with Crippen LogP contribution in [0.4, 0.5) is 0 Å². The lowest BCUT2D eigenvalue weighted by atomic mass is 9.82. The summed E-state index contributed by atoms with van der Waals surface area (Å²) in [6.45, 7) is 8.56. The van der Waals surface area contributed by atoms with Gasteiger partial charge < -0.3 is 4.74 Å². The first-order valence-electron chi connectivity index (χ1n) is 7.81. The topological polar surface area (TPSA) is 26.3 Å². The van der Waals surface area contributed by atoms with Crippen LogP contribution in [0.15, 0.2) is 60.7 Å². The maximum Gasteiger partial charge on any atom is 0.310 e. The minimum atomic E-state index is -0.198. The lowest BCUT2D eigenvalue weighted by molar-refractivity contribution is -0.134. The van der Waals surface area contributed by atoms with Crippen molar-refractivity contribution in [2.45, 2.75) is 46.0 Å². The predicted octanol–water partition coefficient (Wildman–Crippen LogP) is 5.38. The predicted molar refractivity (Wildman–Crippen MR) is 92.1 cm³/mol. The van der Waals surface area contributed by atoms with Gasteiger partial charge >= 0.3 is 5.97 Å². The van der Waals surface area contributed by atoms with E-state index in [1.165, 1.54) is 12.0 Å². The Kier molecular flexibility index (Phi) is 7.38. The summed E-state index contributed by atoms with van der Waals surface area (Å²) in [5.41, 5.74) is 1.77. The molecule has 2 aromatic rings. The molecule has 0 atom stereocenters. The molecule has 0 aliphatic heterocycles. The fourth-order valence-electron chi connectivity index (χ4n) is 1.79. The molecular formula is C20H26O2. The molecule has 22 heavy (non-hydrogen) atoms. The van der Waals surface area contributed by atoms with E-state index in [4.69, 9.17) is 4.74 Å². The average molecular weight is 298 g/mol. The molecule has 0 aliphatic rings. The molecule has 2 heteroatoms. The van der Waals surface area contributed by atoms with Gasteiger partial charge in [-0.3, -0.25) is 4.79 Å². The van der Waals surface area contributed by atoms with Gasteiger partial charge in [-0.15, -0.1) is 0 Å². The van der Waals surface area contributed by atoms with Gasteiger partial charge in [-0.05, 0) is 29.5 Å². The number of hydrogen-bond acceptors (Lipinski definition) is 2. The van der Waals surface area contributed by atoms with E-state index >= 15 is 0 Å². The standard InChI is InChI=1S/C11H16.C9H10O2/c1-4-11(2,3)10-8-6-5-7-9-10;1-2-9(10)11-8-6-4-3-5-7-8/h5-9H,4H2,1-3H3;3-7H,2H2,1H3. The van der Waals surface area contributed by atoms with Crippen molar-refractivity contribution >= 4 is 5.97 Å². The van der Waals surface area contributed by atoms with Gasteiger partial charge in [0.25, 0.3) is 0 Å². The van der Waals surface area contributed by atoms with Gasteiger partial charge in [-0.2, -0.15) is 0 Å². The summed E-state index contributed by atoms with van der Waals surface area (Å²) in [5.74, 6) is 0.413. The molecule has 0 aromatic heterocycles. The third-order valence-corrected chi connectivity index (χ3v) is 3.70. The van der Waals surface area contributed by atoms with Crippen LogP contribution in [0.2, 0.25) is 0 Å². The van der Waals surface area contributed by atoms with Crippen LogP contribution in [-0.2, 0) is 10.2 Å². The van der Waals surface area contributed by atoms with Crippen molar-refractivity contribution in [3.8, 4) is 5.75 Å². The van der Waals surface area contributed by atoms with Gasteiger partial charge in [-0.25, -0.2) is 0 Å². The normalized spacial score (nSPS) is 10.4. The Balaban J connectivity index is 0.000000220. The maximum atomic E-state index is 10.8. The Bertz CT molecular complexity index is 544. The highest BCUT2D eigenvalue weighted by Gasteiger charge is 2.16. The quantitative estimate of drug-likeness (QED) is 0.560. The van der Waals surface area contributed by atoms with E-state index in [9.17, 15) is 4.79 Å². The van der Waals surface area contributed by atoms with E-state index in [1.54, 1.807) is 19.1 Å². The van der Waals surface area contributed by atoms with Gasteiger partial charge in [0.1, 0.15) is 5.75 Å². The third kappa shape index (κ3) is 6.13. The molecule has 0 saturated carbocycles.